The number of hydrogen-bond donors (Lipinski definition) is 0. The van der Waals surface area contributed by atoms with E-state index < -0.39 is 5.25 Å². The Bertz CT molecular complexity index is 1020. The molecule has 0 aliphatic rings. The first-order valence-corrected chi connectivity index (χ1v) is 10.3. The van der Waals surface area contributed by atoms with E-state index in [0.717, 1.165) is 5.56 Å². The third-order valence-electron chi connectivity index (χ3n) is 4.20. The van der Waals surface area contributed by atoms with Crippen LogP contribution in [-0.2, 0) is 16.1 Å². The van der Waals surface area contributed by atoms with Crippen LogP contribution in [0.5, 0.6) is 0 Å². The second-order valence-corrected chi connectivity index (χ2v) is 7.95. The molecule has 0 unspecified atom stereocenters. The Morgan fingerprint density at radius 1 is 1.11 bits per heavy atom. The fourth-order valence-corrected chi connectivity index (χ4v) is 4.07. The van der Waals surface area contributed by atoms with Gasteiger partial charge < -0.3 is 4.74 Å². The number of nitrogens with zero attached hydrogens (tertiary/aromatic N) is 2. The number of rotatable bonds is 7. The summed E-state index contributed by atoms with van der Waals surface area (Å²) in [7, 11) is 0. The van der Waals surface area contributed by atoms with Gasteiger partial charge in [-0.1, -0.05) is 68.1 Å². The summed E-state index contributed by atoms with van der Waals surface area (Å²) < 4.78 is 6.97. The van der Waals surface area contributed by atoms with Crippen molar-refractivity contribution in [3.05, 3.63) is 70.5 Å². The molecule has 0 N–H and O–H groups in total. The Morgan fingerprint density at radius 3 is 2.46 bits per heavy atom. The minimum absolute atomic E-state index is 0.0857. The maximum Gasteiger partial charge on any atom is 0.324 e. The van der Waals surface area contributed by atoms with Gasteiger partial charge in [-0.25, -0.2) is 4.98 Å². The van der Waals surface area contributed by atoms with Gasteiger partial charge in [0.05, 0.1) is 17.5 Å². The van der Waals surface area contributed by atoms with Gasteiger partial charge in [-0.15, -0.1) is 0 Å². The lowest BCUT2D eigenvalue weighted by Gasteiger charge is -2.19. The van der Waals surface area contributed by atoms with Crippen LogP contribution in [0.3, 0.4) is 0 Å². The van der Waals surface area contributed by atoms with Crippen LogP contribution < -0.4 is 5.56 Å². The predicted molar refractivity (Wildman–Crippen MR) is 113 cm³/mol. The topological polar surface area (TPSA) is 61.2 Å². The maximum atomic E-state index is 13.1. The van der Waals surface area contributed by atoms with Crippen LogP contribution in [0.4, 0.5) is 0 Å². The summed E-state index contributed by atoms with van der Waals surface area (Å²) in [5, 5.41) is 0.520. The normalized spacial score (nSPS) is 12.3. The summed E-state index contributed by atoms with van der Waals surface area (Å²) in [5.41, 5.74) is 1.37. The monoisotopic (exact) mass is 396 g/mol. The molecule has 0 saturated heterocycles. The standard InChI is InChI=1S/C22H24N2O3S/c1-4-27-21(26)19(16-10-6-5-7-11-16)28-22-23-18-13-9-8-12-17(18)20(25)24(22)14-15(2)3/h5-13,15,19H,4,14H2,1-3H3/t19-/m1/s1. The lowest BCUT2D eigenvalue weighted by Crippen LogP contribution is -2.26. The highest BCUT2D eigenvalue weighted by Gasteiger charge is 2.26. The number of carbonyl (C=O) groups is 1. The van der Waals surface area contributed by atoms with E-state index in [-0.39, 0.29) is 17.4 Å². The molecule has 0 amide bonds. The lowest BCUT2D eigenvalue weighted by molar-refractivity contribution is -0.142. The van der Waals surface area contributed by atoms with Gasteiger partial charge in [0.15, 0.2) is 5.16 Å². The zero-order valence-electron chi connectivity index (χ0n) is 16.3. The predicted octanol–water partition coefficient (Wildman–Crippen LogP) is 4.45. The van der Waals surface area contributed by atoms with E-state index in [9.17, 15) is 9.59 Å². The second-order valence-electron chi connectivity index (χ2n) is 6.88. The number of thioether (sulfide) groups is 1. The zero-order valence-corrected chi connectivity index (χ0v) is 17.1. The van der Waals surface area contributed by atoms with Crippen molar-refractivity contribution in [2.45, 2.75) is 37.7 Å². The van der Waals surface area contributed by atoms with Gasteiger partial charge in [-0.05, 0) is 30.5 Å². The average Bonchev–Trinajstić information content (AvgIpc) is 2.69. The Hall–Kier alpha value is -2.60. The molecule has 0 bridgehead atoms. The van der Waals surface area contributed by atoms with Crippen molar-refractivity contribution < 1.29 is 9.53 Å². The van der Waals surface area contributed by atoms with Crippen LogP contribution in [-0.4, -0.2) is 22.1 Å². The van der Waals surface area contributed by atoms with Crippen LogP contribution >= 0.6 is 11.8 Å². The highest BCUT2D eigenvalue weighted by molar-refractivity contribution is 8.00. The van der Waals surface area contributed by atoms with Crippen LogP contribution in [0, 0.1) is 5.92 Å². The first-order valence-electron chi connectivity index (χ1n) is 9.39. The summed E-state index contributed by atoms with van der Waals surface area (Å²) in [6.07, 6.45) is 0. The average molecular weight is 397 g/mol. The molecule has 5 nitrogen and oxygen atoms in total. The molecular formula is C22H24N2O3S. The molecule has 0 saturated carbocycles. The molecular weight excluding hydrogens is 372 g/mol. The van der Waals surface area contributed by atoms with Gasteiger partial charge in [-0.3, -0.25) is 14.2 Å². The van der Waals surface area contributed by atoms with Gasteiger partial charge >= 0.3 is 5.97 Å². The van der Waals surface area contributed by atoms with E-state index in [1.807, 2.05) is 48.5 Å². The summed E-state index contributed by atoms with van der Waals surface area (Å²) in [6.45, 7) is 6.72. The van der Waals surface area contributed by atoms with Crippen LogP contribution in [0.15, 0.2) is 64.5 Å². The molecule has 1 atom stereocenters. The van der Waals surface area contributed by atoms with E-state index in [1.54, 1.807) is 17.6 Å². The van der Waals surface area contributed by atoms with Gasteiger partial charge in [0.2, 0.25) is 0 Å². The molecule has 1 heterocycles. The van der Waals surface area contributed by atoms with E-state index in [0.29, 0.717) is 29.2 Å². The van der Waals surface area contributed by atoms with Crippen molar-refractivity contribution in [3.63, 3.8) is 0 Å². The van der Waals surface area contributed by atoms with Gasteiger partial charge in [0.25, 0.3) is 5.56 Å². The Kier molecular flexibility index (Phi) is 6.52. The number of aromatic nitrogens is 2. The highest BCUT2D eigenvalue weighted by Crippen LogP contribution is 2.35. The molecule has 146 valence electrons. The first-order chi connectivity index (χ1) is 13.5. The molecule has 6 heteroatoms. The fourth-order valence-electron chi connectivity index (χ4n) is 2.97. The number of esters is 1. The maximum absolute atomic E-state index is 13.1. The molecule has 0 aliphatic heterocycles. The second kappa shape index (κ2) is 9.06. The molecule has 1 aromatic heterocycles. The largest absolute Gasteiger partial charge is 0.465 e. The number of benzene rings is 2. The Labute approximate surface area is 168 Å². The van der Waals surface area contributed by atoms with Crippen molar-refractivity contribution in [1.29, 1.82) is 0 Å². The summed E-state index contributed by atoms with van der Waals surface area (Å²) in [6, 6.07) is 16.8. The SMILES string of the molecule is CCOC(=O)[C@H](Sc1nc2ccccc2c(=O)n1CC(C)C)c1ccccc1. The van der Waals surface area contributed by atoms with E-state index in [2.05, 4.69) is 13.8 Å². The molecule has 2 aromatic carbocycles. The minimum Gasteiger partial charge on any atom is -0.465 e. The van der Waals surface area contributed by atoms with Crippen LogP contribution in [0.2, 0.25) is 0 Å². The minimum atomic E-state index is -0.590. The zero-order chi connectivity index (χ0) is 20.1. The van der Waals surface area contributed by atoms with Crippen molar-refractivity contribution in [3.8, 4) is 0 Å². The third-order valence-corrected chi connectivity index (χ3v) is 5.42. The van der Waals surface area contributed by atoms with Crippen LogP contribution in [0.25, 0.3) is 10.9 Å². The van der Waals surface area contributed by atoms with Crippen molar-refractivity contribution in [1.82, 2.24) is 9.55 Å². The van der Waals surface area contributed by atoms with Crippen molar-refractivity contribution >= 4 is 28.6 Å². The molecule has 0 aliphatic carbocycles. The number of para-hydroxylation sites is 1. The molecule has 0 fully saturated rings. The quantitative estimate of drug-likeness (QED) is 0.335. The van der Waals surface area contributed by atoms with E-state index in [1.165, 1.54) is 11.8 Å². The molecule has 28 heavy (non-hydrogen) atoms. The number of carbonyl (C=O) groups excluding carboxylic acids is 1. The summed E-state index contributed by atoms with van der Waals surface area (Å²) in [5.74, 6) is -0.0741. The van der Waals surface area contributed by atoms with Crippen molar-refractivity contribution in [2.24, 2.45) is 5.92 Å². The summed E-state index contributed by atoms with van der Waals surface area (Å²) in [4.78, 5) is 30.5. The molecule has 0 radical (unpaired) electrons. The fraction of sp³-hybridized carbons (Fsp3) is 0.318. The van der Waals surface area contributed by atoms with Gasteiger partial charge in [0.1, 0.15) is 5.25 Å². The van der Waals surface area contributed by atoms with Gasteiger partial charge in [-0.2, -0.15) is 0 Å². The number of hydrogen-bond acceptors (Lipinski definition) is 5. The van der Waals surface area contributed by atoms with E-state index >= 15 is 0 Å². The number of ether oxygens (including phenoxy) is 1. The molecule has 0 spiro atoms. The lowest BCUT2D eigenvalue weighted by atomic mass is 10.1. The third kappa shape index (κ3) is 4.44. The first kappa shape index (κ1) is 20.1. The molecule has 3 rings (SSSR count). The molecule has 3 aromatic rings. The summed E-state index contributed by atoms with van der Waals surface area (Å²) >= 11 is 1.26. The van der Waals surface area contributed by atoms with E-state index in [4.69, 9.17) is 9.72 Å². The van der Waals surface area contributed by atoms with Crippen molar-refractivity contribution in [2.75, 3.05) is 6.61 Å². The van der Waals surface area contributed by atoms with Gasteiger partial charge in [0, 0.05) is 6.54 Å². The number of fused-ring (bicyclic) bond motifs is 1. The smallest absolute Gasteiger partial charge is 0.324 e. The Balaban J connectivity index is 2.11. The van der Waals surface area contributed by atoms with Crippen LogP contribution in [0.1, 0.15) is 31.6 Å². The highest BCUT2D eigenvalue weighted by atomic mass is 32.2. The Morgan fingerprint density at radius 2 is 1.79 bits per heavy atom.